The molecule has 4 aliphatic carbocycles. The van der Waals surface area contributed by atoms with Gasteiger partial charge in [-0.3, -0.25) is 14.1 Å². The van der Waals surface area contributed by atoms with Crippen molar-refractivity contribution in [3.05, 3.63) is 11.6 Å². The number of phosphoric acid groups is 1. The molecular formula is C21H31O8P. The monoisotopic (exact) mass is 442 g/mol. The number of fused-ring (bicyclic) bond motifs is 5. The fourth-order valence-corrected chi connectivity index (χ4v) is 7.70. The molecular weight excluding hydrogens is 411 g/mol. The average molecular weight is 442 g/mol. The van der Waals surface area contributed by atoms with Crippen molar-refractivity contribution in [3.8, 4) is 0 Å². The van der Waals surface area contributed by atoms with Crippen LogP contribution in [0.4, 0.5) is 0 Å². The molecule has 0 saturated heterocycles. The van der Waals surface area contributed by atoms with Crippen molar-refractivity contribution in [2.45, 2.75) is 70.5 Å². The Balaban J connectivity index is 1.64. The van der Waals surface area contributed by atoms with Crippen molar-refractivity contribution in [1.82, 2.24) is 0 Å². The van der Waals surface area contributed by atoms with E-state index in [1.165, 1.54) is 0 Å². The van der Waals surface area contributed by atoms with E-state index in [1.807, 2.05) is 6.92 Å². The first kappa shape index (κ1) is 22.3. The van der Waals surface area contributed by atoms with Crippen molar-refractivity contribution in [1.29, 1.82) is 0 Å². The van der Waals surface area contributed by atoms with Gasteiger partial charge in [-0.05, 0) is 67.8 Å². The third-order valence-electron chi connectivity index (χ3n) is 8.87. The fourth-order valence-electron chi connectivity index (χ4n) is 7.41. The predicted molar refractivity (Wildman–Crippen MR) is 106 cm³/mol. The van der Waals surface area contributed by atoms with Crippen molar-refractivity contribution < 1.29 is 38.7 Å². The number of rotatable bonds is 4. The third kappa shape index (κ3) is 3.19. The maximum Gasteiger partial charge on any atom is 0.470 e. The van der Waals surface area contributed by atoms with Crippen molar-refractivity contribution in [3.63, 3.8) is 0 Å². The van der Waals surface area contributed by atoms with Crippen LogP contribution in [0.15, 0.2) is 11.6 Å². The molecule has 0 aliphatic heterocycles. The first-order chi connectivity index (χ1) is 13.8. The molecule has 0 unspecified atom stereocenters. The number of allylic oxidation sites excluding steroid dienone is 1. The van der Waals surface area contributed by atoms with Gasteiger partial charge in [-0.25, -0.2) is 4.57 Å². The van der Waals surface area contributed by atoms with Gasteiger partial charge in [0.05, 0.1) is 6.10 Å². The quantitative estimate of drug-likeness (QED) is 0.484. The van der Waals surface area contributed by atoms with E-state index in [9.17, 15) is 24.4 Å². The molecule has 4 aliphatic rings. The lowest BCUT2D eigenvalue weighted by Crippen LogP contribution is -2.62. The molecule has 0 bridgehead atoms. The summed E-state index contributed by atoms with van der Waals surface area (Å²) in [7, 11) is -4.83. The lowest BCUT2D eigenvalue weighted by Gasteiger charge is -2.60. The van der Waals surface area contributed by atoms with Gasteiger partial charge in [0, 0.05) is 11.8 Å². The molecule has 0 radical (unpaired) electrons. The largest absolute Gasteiger partial charge is 0.470 e. The molecule has 0 aromatic rings. The number of phosphoric ester groups is 1. The van der Waals surface area contributed by atoms with Crippen LogP contribution in [0.3, 0.4) is 0 Å². The number of ketones is 2. The number of hydrogen-bond donors (Lipinski definition) is 4. The smallest absolute Gasteiger partial charge is 0.393 e. The number of aliphatic hydroxyl groups is 2. The highest BCUT2D eigenvalue weighted by Gasteiger charge is 2.68. The van der Waals surface area contributed by atoms with E-state index >= 15 is 0 Å². The van der Waals surface area contributed by atoms with Crippen LogP contribution in [0.2, 0.25) is 0 Å². The number of Topliss-reactive ketones (excluding diaryl/α,β-unsaturated/α-hetero) is 1. The van der Waals surface area contributed by atoms with Crippen molar-refractivity contribution in [2.75, 3.05) is 6.61 Å². The van der Waals surface area contributed by atoms with E-state index in [2.05, 4.69) is 11.4 Å². The molecule has 8 nitrogen and oxygen atoms in total. The highest BCUT2D eigenvalue weighted by atomic mass is 31.2. The minimum Gasteiger partial charge on any atom is -0.393 e. The van der Waals surface area contributed by atoms with Crippen LogP contribution in [-0.2, 0) is 18.7 Å². The summed E-state index contributed by atoms with van der Waals surface area (Å²) in [6, 6.07) is 0. The summed E-state index contributed by atoms with van der Waals surface area (Å²) < 4.78 is 15.4. The number of aliphatic hydroxyl groups excluding tert-OH is 1. The second-order valence-corrected chi connectivity index (χ2v) is 11.4. The Bertz CT molecular complexity index is 848. The van der Waals surface area contributed by atoms with Crippen LogP contribution in [0.25, 0.3) is 0 Å². The molecule has 168 valence electrons. The van der Waals surface area contributed by atoms with Crippen molar-refractivity contribution >= 4 is 19.4 Å². The molecule has 4 rings (SSSR count). The minimum absolute atomic E-state index is 0.00547. The SMILES string of the molecule is C[C@]12CCC(=O)C=C1CC[C@@H]1[C@@H]2[C@@H](O)C[C@@]2(C)[C@H]1CC[C@]2(O)C(=O)COP(=O)(O)O. The Hall–Kier alpha value is -0.890. The topological polar surface area (TPSA) is 141 Å². The standard InChI is InChI=1S/C21H31O8P/c1-19-7-5-13(22)9-12(19)3-4-14-15-6-8-21(25,17(24)11-29-30(26,27)28)20(15,2)10-16(23)18(14)19/h9,14-16,18,23,25H,3-8,10-11H2,1-2H3,(H2,26,27,28)/t14-,15-,16-,18+,19-,20-,21-/m0/s1. The number of carbonyl (C=O) groups is 2. The molecule has 0 amide bonds. The normalized spacial score (nSPS) is 45.9. The lowest BCUT2D eigenvalue weighted by molar-refractivity contribution is -0.182. The summed E-state index contributed by atoms with van der Waals surface area (Å²) in [5.74, 6) is -0.522. The summed E-state index contributed by atoms with van der Waals surface area (Å²) in [6.07, 6.45) is 4.79. The fraction of sp³-hybridized carbons (Fsp3) is 0.810. The van der Waals surface area contributed by atoms with Crippen LogP contribution in [-0.4, -0.2) is 49.9 Å². The Morgan fingerprint density at radius 2 is 1.93 bits per heavy atom. The zero-order valence-corrected chi connectivity index (χ0v) is 18.3. The van der Waals surface area contributed by atoms with E-state index < -0.39 is 37.3 Å². The summed E-state index contributed by atoms with van der Waals surface area (Å²) in [5.41, 5.74) is -1.84. The highest BCUT2D eigenvalue weighted by molar-refractivity contribution is 7.46. The molecule has 0 aromatic heterocycles. The summed E-state index contributed by atoms with van der Waals surface area (Å²) in [5, 5.41) is 22.7. The first-order valence-electron chi connectivity index (χ1n) is 10.7. The van der Waals surface area contributed by atoms with Crippen molar-refractivity contribution in [2.24, 2.45) is 28.6 Å². The van der Waals surface area contributed by atoms with Crippen LogP contribution < -0.4 is 0 Å². The third-order valence-corrected chi connectivity index (χ3v) is 9.34. The van der Waals surface area contributed by atoms with E-state index in [0.717, 1.165) is 18.4 Å². The Morgan fingerprint density at radius 3 is 2.60 bits per heavy atom. The van der Waals surface area contributed by atoms with Gasteiger partial charge in [-0.1, -0.05) is 19.4 Å². The van der Waals surface area contributed by atoms with Gasteiger partial charge in [-0.2, -0.15) is 0 Å². The van der Waals surface area contributed by atoms with Crippen LogP contribution in [0.5, 0.6) is 0 Å². The van der Waals surface area contributed by atoms with Gasteiger partial charge in [0.1, 0.15) is 12.2 Å². The second-order valence-electron chi connectivity index (χ2n) is 10.2. The molecule has 0 heterocycles. The molecule has 3 saturated carbocycles. The Labute approximate surface area is 175 Å². The second kappa shape index (κ2) is 7.06. The van der Waals surface area contributed by atoms with Gasteiger partial charge in [-0.15, -0.1) is 0 Å². The van der Waals surface area contributed by atoms with Gasteiger partial charge in [0.15, 0.2) is 11.6 Å². The summed E-state index contributed by atoms with van der Waals surface area (Å²) in [6.45, 7) is 3.09. The van der Waals surface area contributed by atoms with E-state index in [-0.39, 0.29) is 41.8 Å². The first-order valence-corrected chi connectivity index (χ1v) is 12.2. The molecule has 0 aromatic carbocycles. The summed E-state index contributed by atoms with van der Waals surface area (Å²) in [4.78, 5) is 42.6. The van der Waals surface area contributed by atoms with Gasteiger partial charge >= 0.3 is 7.82 Å². The predicted octanol–water partition coefficient (Wildman–Crippen LogP) is 1.90. The van der Waals surface area contributed by atoms with Gasteiger partial charge < -0.3 is 20.0 Å². The molecule has 0 spiro atoms. The summed E-state index contributed by atoms with van der Waals surface area (Å²) >= 11 is 0. The molecule has 7 atom stereocenters. The Morgan fingerprint density at radius 1 is 1.23 bits per heavy atom. The highest BCUT2D eigenvalue weighted by Crippen LogP contribution is 2.67. The van der Waals surface area contributed by atoms with E-state index in [4.69, 9.17) is 9.79 Å². The van der Waals surface area contributed by atoms with Crippen LogP contribution in [0.1, 0.15) is 58.8 Å². The molecule has 30 heavy (non-hydrogen) atoms. The minimum atomic E-state index is -4.83. The van der Waals surface area contributed by atoms with E-state index in [1.54, 1.807) is 6.08 Å². The zero-order chi connectivity index (χ0) is 22.1. The number of carbonyl (C=O) groups excluding carboxylic acids is 2. The van der Waals surface area contributed by atoms with Gasteiger partial charge in [0.2, 0.25) is 0 Å². The maximum absolute atomic E-state index is 12.8. The molecule has 9 heteroatoms. The Kier molecular flexibility index (Phi) is 5.25. The maximum atomic E-state index is 12.8. The van der Waals surface area contributed by atoms with Gasteiger partial charge in [0.25, 0.3) is 0 Å². The molecule has 4 N–H and O–H groups in total. The lowest BCUT2D eigenvalue weighted by atomic mass is 9.45. The van der Waals surface area contributed by atoms with E-state index in [0.29, 0.717) is 19.3 Å². The zero-order valence-electron chi connectivity index (χ0n) is 17.4. The average Bonchev–Trinajstić information content (AvgIpc) is 2.91. The molecule has 3 fully saturated rings. The number of hydrogen-bond acceptors (Lipinski definition) is 6. The van der Waals surface area contributed by atoms with Crippen LogP contribution >= 0.6 is 7.82 Å². The van der Waals surface area contributed by atoms with Crippen LogP contribution in [0, 0.1) is 28.6 Å².